The van der Waals surface area contributed by atoms with E-state index in [1.807, 2.05) is 13.8 Å². The number of nitrogens with one attached hydrogen (secondary N) is 2. The molecular weight excluding hydrogens is 352 g/mol. The van der Waals surface area contributed by atoms with Crippen molar-refractivity contribution in [1.82, 2.24) is 15.2 Å². The minimum absolute atomic E-state index is 0.276. The highest BCUT2D eigenvalue weighted by Crippen LogP contribution is 2.18. The average Bonchev–Trinajstić information content (AvgIpc) is 3.26. The lowest BCUT2D eigenvalue weighted by Crippen LogP contribution is -2.56. The molecule has 2 heterocycles. The number of hydrogen-bond acceptors (Lipinski definition) is 5. The standard InChI is InChI=1S/C18H26N4O5/c1-10(2)4-5-12(21-17(25)11-6-7-20-8-11)18(26)22(3)14-13(23)9-27-15(14)16(19)24/h6-8,10,12,14-15,20H,4-5,9H2,1-3H3,(H2,19,24)(H,21,25)/t12-,14?,15?/m0/s1. The second-order valence-electron chi connectivity index (χ2n) is 7.09. The summed E-state index contributed by atoms with van der Waals surface area (Å²) in [5, 5.41) is 2.72. The van der Waals surface area contributed by atoms with Crippen molar-refractivity contribution >= 4 is 23.5 Å². The van der Waals surface area contributed by atoms with E-state index in [-0.39, 0.29) is 6.61 Å². The predicted octanol–water partition coefficient (Wildman–Crippen LogP) is -0.170. The minimum Gasteiger partial charge on any atom is -0.367 e. The molecule has 9 nitrogen and oxygen atoms in total. The summed E-state index contributed by atoms with van der Waals surface area (Å²) in [4.78, 5) is 53.0. The molecule has 0 spiro atoms. The maximum atomic E-state index is 13.0. The van der Waals surface area contributed by atoms with Crippen LogP contribution in [0.2, 0.25) is 0 Å². The summed E-state index contributed by atoms with van der Waals surface area (Å²) in [6.45, 7) is 3.75. The first kappa shape index (κ1) is 20.6. The van der Waals surface area contributed by atoms with Crippen LogP contribution in [0.4, 0.5) is 0 Å². The van der Waals surface area contributed by atoms with Crippen LogP contribution in [0.1, 0.15) is 37.0 Å². The minimum atomic E-state index is -1.18. The number of aromatic amines is 1. The van der Waals surface area contributed by atoms with Gasteiger partial charge in [0.15, 0.2) is 11.9 Å². The number of ether oxygens (including phenoxy) is 1. The molecule has 3 amide bonds. The number of rotatable bonds is 8. The van der Waals surface area contributed by atoms with Crippen LogP contribution in [-0.4, -0.2) is 65.2 Å². The average molecular weight is 378 g/mol. The topological polar surface area (TPSA) is 135 Å². The molecule has 4 N–H and O–H groups in total. The zero-order chi connectivity index (χ0) is 20.1. The van der Waals surface area contributed by atoms with Gasteiger partial charge in [0.2, 0.25) is 11.8 Å². The van der Waals surface area contributed by atoms with E-state index in [1.165, 1.54) is 13.2 Å². The Labute approximate surface area is 157 Å². The molecule has 0 aromatic carbocycles. The number of aromatic nitrogens is 1. The van der Waals surface area contributed by atoms with Crippen LogP contribution in [0.5, 0.6) is 0 Å². The van der Waals surface area contributed by atoms with Gasteiger partial charge in [-0.15, -0.1) is 0 Å². The molecule has 0 radical (unpaired) electrons. The molecule has 1 saturated heterocycles. The Kier molecular flexibility index (Phi) is 6.73. The van der Waals surface area contributed by atoms with Gasteiger partial charge < -0.3 is 25.7 Å². The normalized spacial score (nSPS) is 20.5. The van der Waals surface area contributed by atoms with Gasteiger partial charge in [-0.25, -0.2) is 0 Å². The molecule has 1 aromatic heterocycles. The van der Waals surface area contributed by atoms with Gasteiger partial charge in [-0.1, -0.05) is 13.8 Å². The van der Waals surface area contributed by atoms with Crippen LogP contribution in [0.15, 0.2) is 18.5 Å². The summed E-state index contributed by atoms with van der Waals surface area (Å²) in [5.41, 5.74) is 5.68. The SMILES string of the molecule is CC(C)CC[C@H](NC(=O)c1cc[nH]c1)C(=O)N(C)C1C(=O)COC1C(N)=O. The van der Waals surface area contributed by atoms with Crippen molar-refractivity contribution in [3.05, 3.63) is 24.0 Å². The third-order valence-electron chi connectivity index (χ3n) is 4.56. The third kappa shape index (κ3) is 4.94. The molecule has 27 heavy (non-hydrogen) atoms. The molecule has 0 bridgehead atoms. The fourth-order valence-electron chi connectivity index (χ4n) is 3.02. The number of hydrogen-bond donors (Lipinski definition) is 3. The van der Waals surface area contributed by atoms with Crippen molar-refractivity contribution < 1.29 is 23.9 Å². The molecule has 0 saturated carbocycles. The number of ketones is 1. The Morgan fingerprint density at radius 2 is 2.07 bits per heavy atom. The van der Waals surface area contributed by atoms with Gasteiger partial charge in [0.1, 0.15) is 18.7 Å². The molecule has 1 aliphatic rings. The lowest BCUT2D eigenvalue weighted by Gasteiger charge is -2.30. The number of H-pyrrole nitrogens is 1. The Morgan fingerprint density at radius 3 is 2.63 bits per heavy atom. The summed E-state index contributed by atoms with van der Waals surface area (Å²) in [7, 11) is 1.42. The predicted molar refractivity (Wildman–Crippen MR) is 96.6 cm³/mol. The lowest BCUT2D eigenvalue weighted by molar-refractivity contribution is -0.141. The monoisotopic (exact) mass is 378 g/mol. The smallest absolute Gasteiger partial charge is 0.253 e. The van der Waals surface area contributed by atoms with Crippen molar-refractivity contribution in [1.29, 1.82) is 0 Å². The highest BCUT2D eigenvalue weighted by atomic mass is 16.5. The lowest BCUT2D eigenvalue weighted by atomic mass is 10.0. The number of carbonyl (C=O) groups is 4. The number of nitrogens with two attached hydrogens (primary N) is 1. The highest BCUT2D eigenvalue weighted by Gasteiger charge is 2.45. The second-order valence-corrected chi connectivity index (χ2v) is 7.09. The van der Waals surface area contributed by atoms with E-state index in [0.717, 1.165) is 4.90 Å². The Bertz CT molecular complexity index is 701. The molecule has 1 fully saturated rings. The maximum Gasteiger partial charge on any atom is 0.253 e. The first-order chi connectivity index (χ1) is 12.7. The van der Waals surface area contributed by atoms with Crippen LogP contribution in [0, 0.1) is 5.92 Å². The van der Waals surface area contributed by atoms with E-state index in [0.29, 0.717) is 24.3 Å². The fraction of sp³-hybridized carbons (Fsp3) is 0.556. The molecule has 1 aromatic rings. The number of amides is 3. The van der Waals surface area contributed by atoms with Crippen LogP contribution < -0.4 is 11.1 Å². The summed E-state index contributed by atoms with van der Waals surface area (Å²) >= 11 is 0. The van der Waals surface area contributed by atoms with Gasteiger partial charge >= 0.3 is 0 Å². The van der Waals surface area contributed by atoms with Crippen LogP contribution in [0.3, 0.4) is 0 Å². The van der Waals surface area contributed by atoms with Crippen LogP contribution in [0.25, 0.3) is 0 Å². The summed E-state index contributed by atoms with van der Waals surface area (Å²) in [6, 6.07) is -0.317. The molecule has 2 rings (SSSR count). The van der Waals surface area contributed by atoms with E-state index in [4.69, 9.17) is 10.5 Å². The van der Waals surface area contributed by atoms with Gasteiger partial charge in [-0.05, 0) is 24.8 Å². The summed E-state index contributed by atoms with van der Waals surface area (Å²) in [6.07, 6.45) is 3.06. The van der Waals surface area contributed by atoms with E-state index >= 15 is 0 Å². The van der Waals surface area contributed by atoms with Crippen molar-refractivity contribution in [2.75, 3.05) is 13.7 Å². The zero-order valence-electron chi connectivity index (χ0n) is 15.7. The van der Waals surface area contributed by atoms with Gasteiger partial charge in [0, 0.05) is 19.4 Å². The quantitative estimate of drug-likeness (QED) is 0.577. The highest BCUT2D eigenvalue weighted by molar-refractivity contribution is 6.00. The van der Waals surface area contributed by atoms with Crippen LogP contribution >= 0.6 is 0 Å². The zero-order valence-corrected chi connectivity index (χ0v) is 15.7. The first-order valence-corrected chi connectivity index (χ1v) is 8.86. The first-order valence-electron chi connectivity index (χ1n) is 8.86. The Balaban J connectivity index is 2.17. The van der Waals surface area contributed by atoms with E-state index < -0.39 is 41.7 Å². The second kappa shape index (κ2) is 8.81. The van der Waals surface area contributed by atoms with E-state index in [9.17, 15) is 19.2 Å². The van der Waals surface area contributed by atoms with Gasteiger partial charge in [-0.2, -0.15) is 0 Å². The van der Waals surface area contributed by atoms with E-state index in [1.54, 1.807) is 12.3 Å². The number of Topliss-reactive ketones (excluding diaryl/α,β-unsaturated/α-hetero) is 1. The third-order valence-corrected chi connectivity index (χ3v) is 4.56. The molecule has 2 unspecified atom stereocenters. The van der Waals surface area contributed by atoms with Crippen LogP contribution in [-0.2, 0) is 19.1 Å². The summed E-state index contributed by atoms with van der Waals surface area (Å²) in [5.74, 6) is -1.73. The molecule has 9 heteroatoms. The maximum absolute atomic E-state index is 13.0. The Hall–Kier alpha value is -2.68. The number of primary amides is 1. The molecule has 1 aliphatic heterocycles. The molecule has 148 valence electrons. The van der Waals surface area contributed by atoms with Crippen molar-refractivity contribution in [3.63, 3.8) is 0 Å². The van der Waals surface area contributed by atoms with Crippen molar-refractivity contribution in [2.45, 2.75) is 44.9 Å². The van der Waals surface area contributed by atoms with Crippen molar-refractivity contribution in [2.24, 2.45) is 11.7 Å². The molecule has 3 atom stereocenters. The van der Waals surface area contributed by atoms with E-state index in [2.05, 4.69) is 10.3 Å². The Morgan fingerprint density at radius 1 is 1.37 bits per heavy atom. The number of carbonyl (C=O) groups excluding carboxylic acids is 4. The van der Waals surface area contributed by atoms with Gasteiger partial charge in [0.05, 0.1) is 5.56 Å². The van der Waals surface area contributed by atoms with Gasteiger partial charge in [-0.3, -0.25) is 19.2 Å². The molecular formula is C18H26N4O5. The fourth-order valence-corrected chi connectivity index (χ4v) is 3.02. The number of likely N-dealkylation sites (N-methyl/N-ethyl adjacent to an activating group) is 1. The summed E-state index contributed by atoms with van der Waals surface area (Å²) < 4.78 is 5.12. The van der Waals surface area contributed by atoms with Gasteiger partial charge in [0.25, 0.3) is 5.91 Å². The largest absolute Gasteiger partial charge is 0.367 e. The van der Waals surface area contributed by atoms with Crippen molar-refractivity contribution in [3.8, 4) is 0 Å². The number of nitrogens with zero attached hydrogens (tertiary/aromatic N) is 1. The molecule has 0 aliphatic carbocycles.